The normalized spacial score (nSPS) is 11.4. The minimum absolute atomic E-state index is 0.190. The van der Waals surface area contributed by atoms with E-state index in [9.17, 15) is 4.79 Å². The highest BCUT2D eigenvalue weighted by molar-refractivity contribution is 6.01. The Morgan fingerprint density at radius 2 is 1.69 bits per heavy atom. The van der Waals surface area contributed by atoms with Gasteiger partial charge < -0.3 is 23.9 Å². The lowest BCUT2D eigenvalue weighted by Gasteiger charge is -2.13. The zero-order chi connectivity index (χ0) is 24.9. The summed E-state index contributed by atoms with van der Waals surface area (Å²) in [6.45, 7) is 4.26. The van der Waals surface area contributed by atoms with Crippen molar-refractivity contribution in [2.24, 2.45) is 0 Å². The second kappa shape index (κ2) is 10.4. The van der Waals surface area contributed by atoms with Crippen molar-refractivity contribution in [3.05, 3.63) is 83.6 Å². The quantitative estimate of drug-likeness (QED) is 0.312. The van der Waals surface area contributed by atoms with Gasteiger partial charge >= 0.3 is 0 Å². The molecule has 1 amide bonds. The number of rotatable bonds is 8. The van der Waals surface area contributed by atoms with Gasteiger partial charge in [-0.05, 0) is 60.9 Å². The van der Waals surface area contributed by atoms with Crippen molar-refractivity contribution < 1.29 is 23.4 Å². The first-order valence-corrected chi connectivity index (χ1v) is 11.3. The summed E-state index contributed by atoms with van der Waals surface area (Å²) < 4.78 is 22.3. The number of carbonyl (C=O) groups excluding carboxylic acids is 1. The third kappa shape index (κ3) is 5.01. The van der Waals surface area contributed by atoms with Crippen molar-refractivity contribution in [1.29, 1.82) is 0 Å². The number of carbonyl (C=O) groups is 1. The average molecular weight is 472 g/mol. The van der Waals surface area contributed by atoms with Crippen LogP contribution in [0.1, 0.15) is 23.6 Å². The van der Waals surface area contributed by atoms with Crippen LogP contribution in [0.15, 0.2) is 71.4 Å². The van der Waals surface area contributed by atoms with E-state index in [-0.39, 0.29) is 5.91 Å². The second-order valence-electron chi connectivity index (χ2n) is 8.24. The lowest BCUT2D eigenvalue weighted by molar-refractivity contribution is -0.116. The molecule has 0 unspecified atom stereocenters. The van der Waals surface area contributed by atoms with Gasteiger partial charge in [0.05, 0.1) is 27.6 Å². The number of nitrogens with one attached hydrogen (secondary N) is 1. The number of fused-ring (bicyclic) bond motifs is 1. The van der Waals surface area contributed by atoms with E-state index in [0.717, 1.165) is 55.9 Å². The lowest BCUT2D eigenvalue weighted by atomic mass is 9.96. The van der Waals surface area contributed by atoms with E-state index in [1.165, 1.54) is 0 Å². The summed E-state index contributed by atoms with van der Waals surface area (Å²) in [5, 5.41) is 3.88. The SMILES string of the molecule is COc1cccc(CNC(=O)/C=C(\C)c2cc3c(-c4cccc(OC)c4)coc3c(C)c2OC)c1. The van der Waals surface area contributed by atoms with Gasteiger partial charge in [-0.15, -0.1) is 0 Å². The predicted octanol–water partition coefficient (Wildman–Crippen LogP) is 6.15. The van der Waals surface area contributed by atoms with Gasteiger partial charge in [-0.1, -0.05) is 24.3 Å². The molecule has 0 saturated heterocycles. The molecule has 0 aliphatic heterocycles. The number of benzene rings is 3. The fraction of sp³-hybridized carbons (Fsp3) is 0.207. The number of ether oxygens (including phenoxy) is 3. The molecule has 0 bridgehead atoms. The first-order valence-electron chi connectivity index (χ1n) is 11.3. The Morgan fingerprint density at radius 3 is 2.40 bits per heavy atom. The molecule has 0 aliphatic carbocycles. The Hall–Kier alpha value is -4.19. The Bertz CT molecular complexity index is 1400. The summed E-state index contributed by atoms with van der Waals surface area (Å²) in [6.07, 6.45) is 3.34. The topological polar surface area (TPSA) is 69.9 Å². The molecule has 1 heterocycles. The summed E-state index contributed by atoms with van der Waals surface area (Å²) in [7, 11) is 4.89. The molecule has 1 N–H and O–H groups in total. The van der Waals surface area contributed by atoms with Crippen LogP contribution in [-0.2, 0) is 11.3 Å². The fourth-order valence-electron chi connectivity index (χ4n) is 4.18. The van der Waals surface area contributed by atoms with Crippen LogP contribution in [0.2, 0.25) is 0 Å². The molecule has 1 aromatic heterocycles. The van der Waals surface area contributed by atoms with E-state index in [1.807, 2.05) is 68.4 Å². The largest absolute Gasteiger partial charge is 0.497 e. The molecule has 0 aliphatic rings. The van der Waals surface area contributed by atoms with Crippen LogP contribution < -0.4 is 19.5 Å². The minimum atomic E-state index is -0.190. The van der Waals surface area contributed by atoms with Crippen molar-refractivity contribution in [2.75, 3.05) is 21.3 Å². The molecule has 0 fully saturated rings. The lowest BCUT2D eigenvalue weighted by Crippen LogP contribution is -2.20. The van der Waals surface area contributed by atoms with Crippen molar-refractivity contribution >= 4 is 22.4 Å². The molecular weight excluding hydrogens is 442 g/mol. The third-order valence-electron chi connectivity index (χ3n) is 6.00. The van der Waals surface area contributed by atoms with Crippen LogP contribution in [-0.4, -0.2) is 27.2 Å². The maximum atomic E-state index is 12.7. The fourth-order valence-corrected chi connectivity index (χ4v) is 4.18. The number of amides is 1. The van der Waals surface area contributed by atoms with Crippen molar-refractivity contribution in [1.82, 2.24) is 5.32 Å². The average Bonchev–Trinajstić information content (AvgIpc) is 3.32. The molecular formula is C29H29NO5. The van der Waals surface area contributed by atoms with E-state index >= 15 is 0 Å². The molecule has 4 rings (SSSR count). The van der Waals surface area contributed by atoms with Gasteiger partial charge in [0.15, 0.2) is 0 Å². The molecule has 0 saturated carbocycles. The highest BCUT2D eigenvalue weighted by Gasteiger charge is 2.19. The molecule has 4 aromatic rings. The number of hydrogen-bond acceptors (Lipinski definition) is 5. The van der Waals surface area contributed by atoms with Crippen LogP contribution in [0, 0.1) is 6.92 Å². The van der Waals surface area contributed by atoms with E-state index in [1.54, 1.807) is 33.7 Å². The Kier molecular flexibility index (Phi) is 7.11. The third-order valence-corrected chi connectivity index (χ3v) is 6.00. The number of allylic oxidation sites excluding steroid dienone is 1. The Balaban J connectivity index is 1.67. The zero-order valence-corrected chi connectivity index (χ0v) is 20.6. The molecule has 0 atom stereocenters. The van der Waals surface area contributed by atoms with Gasteiger partial charge in [-0.2, -0.15) is 0 Å². The standard InChI is InChI=1S/C29H29NO5/c1-18(12-27(31)30-16-20-8-6-10-22(13-20)32-3)24-15-25-26(21-9-7-11-23(14-21)33-4)17-35-29(25)19(2)28(24)34-5/h6-15,17H,16H2,1-5H3,(H,30,31)/b18-12+. The van der Waals surface area contributed by atoms with Gasteiger partial charge in [-0.3, -0.25) is 4.79 Å². The second-order valence-corrected chi connectivity index (χ2v) is 8.24. The van der Waals surface area contributed by atoms with Gasteiger partial charge in [0.1, 0.15) is 22.8 Å². The number of methoxy groups -OCH3 is 3. The molecule has 3 aromatic carbocycles. The zero-order valence-electron chi connectivity index (χ0n) is 20.6. The van der Waals surface area contributed by atoms with Gasteiger partial charge in [0, 0.05) is 34.7 Å². The van der Waals surface area contributed by atoms with E-state index in [0.29, 0.717) is 12.3 Å². The van der Waals surface area contributed by atoms with Crippen LogP contribution in [0.25, 0.3) is 27.7 Å². The highest BCUT2D eigenvalue weighted by Crippen LogP contribution is 2.41. The van der Waals surface area contributed by atoms with Crippen LogP contribution in [0.5, 0.6) is 17.2 Å². The number of furan rings is 1. The summed E-state index contributed by atoms with van der Waals surface area (Å²) in [6, 6.07) is 17.5. The predicted molar refractivity (Wildman–Crippen MR) is 138 cm³/mol. The molecule has 6 nitrogen and oxygen atoms in total. The van der Waals surface area contributed by atoms with E-state index in [2.05, 4.69) is 5.32 Å². The summed E-state index contributed by atoms with van der Waals surface area (Å²) in [4.78, 5) is 12.7. The molecule has 35 heavy (non-hydrogen) atoms. The number of hydrogen-bond donors (Lipinski definition) is 1. The first kappa shape index (κ1) is 24.0. The highest BCUT2D eigenvalue weighted by atomic mass is 16.5. The molecule has 180 valence electrons. The van der Waals surface area contributed by atoms with Gasteiger partial charge in [-0.25, -0.2) is 0 Å². The maximum Gasteiger partial charge on any atom is 0.244 e. The van der Waals surface area contributed by atoms with Crippen molar-refractivity contribution in [3.63, 3.8) is 0 Å². The molecule has 0 spiro atoms. The first-order chi connectivity index (χ1) is 16.9. The Labute approximate surface area is 205 Å². The van der Waals surface area contributed by atoms with Gasteiger partial charge in [0.2, 0.25) is 5.91 Å². The summed E-state index contributed by atoms with van der Waals surface area (Å²) in [5.41, 5.74) is 6.13. The summed E-state index contributed by atoms with van der Waals surface area (Å²) >= 11 is 0. The van der Waals surface area contributed by atoms with E-state index < -0.39 is 0 Å². The van der Waals surface area contributed by atoms with Crippen molar-refractivity contribution in [2.45, 2.75) is 20.4 Å². The maximum absolute atomic E-state index is 12.7. The van der Waals surface area contributed by atoms with E-state index in [4.69, 9.17) is 18.6 Å². The number of aryl methyl sites for hydroxylation is 1. The summed E-state index contributed by atoms with van der Waals surface area (Å²) in [5.74, 6) is 2.01. The molecule has 0 radical (unpaired) electrons. The Morgan fingerprint density at radius 1 is 0.971 bits per heavy atom. The van der Waals surface area contributed by atoms with Crippen LogP contribution in [0.3, 0.4) is 0 Å². The minimum Gasteiger partial charge on any atom is -0.497 e. The van der Waals surface area contributed by atoms with Crippen LogP contribution >= 0.6 is 0 Å². The molecule has 6 heteroatoms. The van der Waals surface area contributed by atoms with Gasteiger partial charge in [0.25, 0.3) is 0 Å². The monoisotopic (exact) mass is 471 g/mol. The van der Waals surface area contributed by atoms with Crippen molar-refractivity contribution in [3.8, 4) is 28.4 Å². The van der Waals surface area contributed by atoms with Crippen LogP contribution in [0.4, 0.5) is 0 Å². The smallest absolute Gasteiger partial charge is 0.244 e.